The van der Waals surface area contributed by atoms with Crippen LogP contribution in [0.15, 0.2) is 41.3 Å². The van der Waals surface area contributed by atoms with Gasteiger partial charge in [-0.05, 0) is 51.1 Å². The van der Waals surface area contributed by atoms with Gasteiger partial charge in [0.2, 0.25) is 6.79 Å². The van der Waals surface area contributed by atoms with Crippen LogP contribution in [0.2, 0.25) is 0 Å². The van der Waals surface area contributed by atoms with Gasteiger partial charge >= 0.3 is 11.9 Å². The molecule has 0 amide bonds. The van der Waals surface area contributed by atoms with E-state index in [1.54, 1.807) is 45.0 Å². The van der Waals surface area contributed by atoms with Crippen LogP contribution in [0.5, 0.6) is 5.75 Å². The van der Waals surface area contributed by atoms with E-state index in [1.807, 2.05) is 0 Å². The lowest BCUT2D eigenvalue weighted by atomic mass is 9.98. The van der Waals surface area contributed by atoms with Gasteiger partial charge in [0.15, 0.2) is 0 Å². The van der Waals surface area contributed by atoms with Crippen molar-refractivity contribution < 1.29 is 23.8 Å². The van der Waals surface area contributed by atoms with Crippen molar-refractivity contribution >= 4 is 28.5 Å². The van der Waals surface area contributed by atoms with E-state index in [0.717, 1.165) is 0 Å². The molecule has 0 spiro atoms. The number of ether oxygens (including phenoxy) is 3. The molecular formula is C20H20N2O6. The highest BCUT2D eigenvalue weighted by Gasteiger charge is 2.23. The number of methoxy groups -OCH3 is 1. The van der Waals surface area contributed by atoms with Crippen molar-refractivity contribution in [3.8, 4) is 5.75 Å². The highest BCUT2D eigenvalue weighted by Crippen LogP contribution is 2.18. The number of aromatic nitrogens is 2. The van der Waals surface area contributed by atoms with Crippen molar-refractivity contribution in [2.75, 3.05) is 13.9 Å². The van der Waals surface area contributed by atoms with E-state index in [4.69, 9.17) is 14.2 Å². The lowest BCUT2D eigenvalue weighted by molar-refractivity contribution is -0.161. The molecular weight excluding hydrogens is 364 g/mol. The van der Waals surface area contributed by atoms with Crippen molar-refractivity contribution in [3.05, 3.63) is 52.4 Å². The SMILES string of the molecule is COc1ccc2nc3ccc(C(=O)OCOC(=O)C(C)(C)C)cn3c(=O)c2c1. The van der Waals surface area contributed by atoms with Crippen molar-refractivity contribution in [2.45, 2.75) is 20.8 Å². The molecule has 146 valence electrons. The van der Waals surface area contributed by atoms with Crippen LogP contribution in [0.4, 0.5) is 0 Å². The van der Waals surface area contributed by atoms with Crippen LogP contribution in [0.3, 0.4) is 0 Å². The quantitative estimate of drug-likeness (QED) is 0.387. The fourth-order valence-electron chi connectivity index (χ4n) is 2.47. The Kier molecular flexibility index (Phi) is 5.04. The zero-order valence-electron chi connectivity index (χ0n) is 16.0. The molecule has 2 heterocycles. The van der Waals surface area contributed by atoms with Gasteiger partial charge in [-0.1, -0.05) is 0 Å². The number of hydrogen-bond donors (Lipinski definition) is 0. The number of benzene rings is 1. The van der Waals surface area contributed by atoms with Crippen LogP contribution in [-0.2, 0) is 14.3 Å². The summed E-state index contributed by atoms with van der Waals surface area (Å²) in [6.07, 6.45) is 1.34. The summed E-state index contributed by atoms with van der Waals surface area (Å²) >= 11 is 0. The number of carbonyl (C=O) groups is 2. The Morgan fingerprint density at radius 3 is 2.54 bits per heavy atom. The van der Waals surface area contributed by atoms with Crippen molar-refractivity contribution in [2.24, 2.45) is 5.41 Å². The largest absolute Gasteiger partial charge is 0.497 e. The molecule has 8 nitrogen and oxygen atoms in total. The topological polar surface area (TPSA) is 96.2 Å². The maximum Gasteiger partial charge on any atom is 0.342 e. The van der Waals surface area contributed by atoms with Gasteiger partial charge in [0.25, 0.3) is 5.56 Å². The van der Waals surface area contributed by atoms with Crippen LogP contribution >= 0.6 is 0 Å². The first kappa shape index (κ1) is 19.3. The standard InChI is InChI=1S/C20H20N2O6/c1-20(2,3)19(25)28-11-27-18(24)12-5-8-16-21-15-7-6-13(26-4)9-14(15)17(23)22(16)10-12/h5-10H,11H2,1-4H3. The Bertz CT molecular complexity index is 1130. The van der Waals surface area contributed by atoms with Gasteiger partial charge in [0.05, 0.1) is 29.0 Å². The highest BCUT2D eigenvalue weighted by atomic mass is 16.7. The van der Waals surface area contributed by atoms with E-state index in [9.17, 15) is 14.4 Å². The molecule has 0 aliphatic heterocycles. The third-order valence-corrected chi connectivity index (χ3v) is 4.04. The number of esters is 2. The molecule has 8 heteroatoms. The molecule has 0 saturated heterocycles. The van der Waals surface area contributed by atoms with Crippen LogP contribution in [0.1, 0.15) is 31.1 Å². The molecule has 0 fully saturated rings. The molecule has 0 aliphatic rings. The fourth-order valence-corrected chi connectivity index (χ4v) is 2.47. The molecule has 28 heavy (non-hydrogen) atoms. The molecule has 0 saturated carbocycles. The van der Waals surface area contributed by atoms with Gasteiger partial charge in [0.1, 0.15) is 11.4 Å². The Morgan fingerprint density at radius 1 is 1.11 bits per heavy atom. The number of carbonyl (C=O) groups excluding carboxylic acids is 2. The van der Waals surface area contributed by atoms with Crippen LogP contribution < -0.4 is 10.3 Å². The highest BCUT2D eigenvalue weighted by molar-refractivity contribution is 5.90. The van der Waals surface area contributed by atoms with E-state index in [2.05, 4.69) is 4.98 Å². The second-order valence-corrected chi connectivity index (χ2v) is 7.18. The zero-order valence-corrected chi connectivity index (χ0v) is 16.0. The third-order valence-electron chi connectivity index (χ3n) is 4.04. The molecule has 3 aromatic rings. The Morgan fingerprint density at radius 2 is 1.86 bits per heavy atom. The minimum atomic E-state index is -0.721. The van der Waals surface area contributed by atoms with Gasteiger partial charge in [-0.3, -0.25) is 14.0 Å². The molecule has 0 atom stereocenters. The summed E-state index contributed by atoms with van der Waals surface area (Å²) in [5.74, 6) is -0.677. The molecule has 0 N–H and O–H groups in total. The third kappa shape index (κ3) is 3.80. The Balaban J connectivity index is 1.87. The maximum absolute atomic E-state index is 12.8. The van der Waals surface area contributed by atoms with Crippen LogP contribution in [0, 0.1) is 5.41 Å². The van der Waals surface area contributed by atoms with E-state index in [1.165, 1.54) is 23.8 Å². The second kappa shape index (κ2) is 7.30. The summed E-state index contributed by atoms with van der Waals surface area (Å²) in [5.41, 5.74) is 0.00274. The van der Waals surface area contributed by atoms with Gasteiger partial charge in [0, 0.05) is 6.20 Å². The van der Waals surface area contributed by atoms with E-state index >= 15 is 0 Å². The van der Waals surface area contributed by atoms with Gasteiger partial charge < -0.3 is 14.2 Å². The molecule has 3 rings (SSSR count). The Hall–Kier alpha value is -3.42. The van der Waals surface area contributed by atoms with E-state index < -0.39 is 24.1 Å². The van der Waals surface area contributed by atoms with E-state index in [-0.39, 0.29) is 11.1 Å². The number of pyridine rings is 1. The smallest absolute Gasteiger partial charge is 0.342 e. The average molecular weight is 384 g/mol. The van der Waals surface area contributed by atoms with Crippen molar-refractivity contribution in [1.29, 1.82) is 0 Å². The monoisotopic (exact) mass is 384 g/mol. The predicted molar refractivity (Wildman–Crippen MR) is 101 cm³/mol. The van der Waals surface area contributed by atoms with Gasteiger partial charge in [-0.25, -0.2) is 9.78 Å². The first-order valence-electron chi connectivity index (χ1n) is 8.55. The lowest BCUT2D eigenvalue weighted by Gasteiger charge is -2.16. The van der Waals surface area contributed by atoms with Gasteiger partial charge in [-0.15, -0.1) is 0 Å². The summed E-state index contributed by atoms with van der Waals surface area (Å²) in [6, 6.07) is 8.04. The number of fused-ring (bicyclic) bond motifs is 2. The van der Waals surface area contributed by atoms with Gasteiger partial charge in [-0.2, -0.15) is 0 Å². The molecule has 0 unspecified atom stereocenters. The average Bonchev–Trinajstić information content (AvgIpc) is 2.66. The van der Waals surface area contributed by atoms with Crippen molar-refractivity contribution in [3.63, 3.8) is 0 Å². The lowest BCUT2D eigenvalue weighted by Crippen LogP contribution is -2.25. The fraction of sp³-hybridized carbons (Fsp3) is 0.300. The Labute approximate surface area is 160 Å². The summed E-state index contributed by atoms with van der Waals surface area (Å²) in [6.45, 7) is 4.58. The minimum Gasteiger partial charge on any atom is -0.497 e. The first-order chi connectivity index (χ1) is 13.2. The molecule has 1 aromatic carbocycles. The van der Waals surface area contributed by atoms with Crippen LogP contribution in [-0.4, -0.2) is 35.2 Å². The zero-order chi connectivity index (χ0) is 20.5. The second-order valence-electron chi connectivity index (χ2n) is 7.18. The summed E-state index contributed by atoms with van der Waals surface area (Å²) in [4.78, 5) is 41.1. The normalized spacial score (nSPS) is 11.4. The summed E-state index contributed by atoms with van der Waals surface area (Å²) in [5, 5.41) is 0.362. The first-order valence-corrected chi connectivity index (χ1v) is 8.55. The minimum absolute atomic E-state index is 0.130. The van der Waals surface area contributed by atoms with E-state index in [0.29, 0.717) is 22.3 Å². The van der Waals surface area contributed by atoms with Crippen LogP contribution in [0.25, 0.3) is 16.6 Å². The number of hydrogen-bond acceptors (Lipinski definition) is 7. The molecule has 2 aromatic heterocycles. The number of rotatable bonds is 4. The predicted octanol–water partition coefficient (Wildman–Crippen LogP) is 2.56. The molecule has 0 radical (unpaired) electrons. The summed E-state index contributed by atoms with van der Waals surface area (Å²) in [7, 11) is 1.51. The number of nitrogens with zero attached hydrogens (tertiary/aromatic N) is 2. The van der Waals surface area contributed by atoms with Crippen molar-refractivity contribution in [1.82, 2.24) is 9.38 Å². The molecule has 0 bridgehead atoms. The maximum atomic E-state index is 12.8. The summed E-state index contributed by atoms with van der Waals surface area (Å²) < 4.78 is 16.3. The molecule has 0 aliphatic carbocycles.